The number of piperidine rings is 1. The molecule has 116 valence electrons. The van der Waals surface area contributed by atoms with Crippen molar-refractivity contribution in [1.82, 2.24) is 4.90 Å². The van der Waals surface area contributed by atoms with Crippen molar-refractivity contribution >= 4 is 5.78 Å². The van der Waals surface area contributed by atoms with Crippen molar-refractivity contribution in [3.05, 3.63) is 23.3 Å². The van der Waals surface area contributed by atoms with Gasteiger partial charge in [0.15, 0.2) is 23.4 Å². The molecule has 4 atom stereocenters. The first-order valence-corrected chi connectivity index (χ1v) is 8.04. The van der Waals surface area contributed by atoms with Crippen molar-refractivity contribution in [1.29, 1.82) is 0 Å². The molecule has 4 heteroatoms. The molecule has 2 aliphatic heterocycles. The smallest absolute Gasteiger partial charge is 0.174 e. The van der Waals surface area contributed by atoms with Crippen molar-refractivity contribution in [3.8, 4) is 11.5 Å². The van der Waals surface area contributed by atoms with Crippen LogP contribution in [-0.4, -0.2) is 43.5 Å². The van der Waals surface area contributed by atoms with Crippen LogP contribution in [0.2, 0.25) is 0 Å². The molecular weight excluding hydrogens is 278 g/mol. The second-order valence-electron chi connectivity index (χ2n) is 7.00. The molecule has 0 aromatic heterocycles. The third-order valence-corrected chi connectivity index (χ3v) is 6.31. The monoisotopic (exact) mass is 302 g/mol. The number of hydrogen-bond donors (Lipinski definition) is 0. The van der Waals surface area contributed by atoms with E-state index in [1.165, 1.54) is 0 Å². The van der Waals surface area contributed by atoms with E-state index in [9.17, 15) is 4.79 Å². The molecule has 2 bridgehead atoms. The number of ketones is 1. The summed E-state index contributed by atoms with van der Waals surface area (Å²) in [6.07, 6.45) is 2.07. The van der Waals surface area contributed by atoms with Gasteiger partial charge in [-0.15, -0.1) is 0 Å². The molecule has 5 rings (SSSR count). The maximum absolute atomic E-state index is 12.7. The van der Waals surface area contributed by atoms with E-state index in [-0.39, 0.29) is 23.2 Å². The Morgan fingerprint density at radius 1 is 1.50 bits per heavy atom. The van der Waals surface area contributed by atoms with Gasteiger partial charge in [0.1, 0.15) is 0 Å². The van der Waals surface area contributed by atoms with Gasteiger partial charge in [-0.25, -0.2) is 0 Å². The molecule has 2 heterocycles. The number of likely N-dealkylation sites (tertiary alicyclic amines) is 1. The maximum atomic E-state index is 12.7. The van der Waals surface area contributed by atoms with Crippen LogP contribution in [0, 0.1) is 5.92 Å². The van der Waals surface area contributed by atoms with Crippen LogP contribution in [0.5, 0.6) is 11.5 Å². The van der Waals surface area contributed by atoms with Gasteiger partial charge in [0.2, 0.25) is 0 Å². The molecule has 4 aliphatic rings. The van der Waals surface area contributed by atoms with E-state index in [1.54, 1.807) is 12.0 Å². The molecule has 4 nitrogen and oxygen atoms in total. The highest BCUT2D eigenvalue weighted by atomic mass is 16.5. The van der Waals surface area contributed by atoms with Crippen LogP contribution >= 0.6 is 0 Å². The SMILES string of the molecule is [2H]C([2H])([2H])N1CC[C@]23c4c5ccc(OC)c4O[C@H]2C(=O)CCC3[C@H]1C5. The third-order valence-electron chi connectivity index (χ3n) is 6.31. The second-order valence-corrected chi connectivity index (χ2v) is 7.00. The fraction of sp³-hybridized carbons (Fsp3) is 0.611. The molecule has 1 spiro atoms. The number of carbonyl (C=O) groups is 1. The highest BCUT2D eigenvalue weighted by Crippen LogP contribution is 2.62. The van der Waals surface area contributed by atoms with Crippen molar-refractivity contribution < 1.29 is 18.4 Å². The summed E-state index contributed by atoms with van der Waals surface area (Å²) >= 11 is 0. The van der Waals surface area contributed by atoms with E-state index < -0.39 is 13.1 Å². The zero-order valence-electron chi connectivity index (χ0n) is 15.6. The quantitative estimate of drug-likeness (QED) is 0.794. The first kappa shape index (κ1) is 10.3. The van der Waals surface area contributed by atoms with E-state index in [4.69, 9.17) is 13.6 Å². The van der Waals surface area contributed by atoms with E-state index in [2.05, 4.69) is 0 Å². The Morgan fingerprint density at radius 3 is 3.23 bits per heavy atom. The molecule has 0 radical (unpaired) electrons. The van der Waals surface area contributed by atoms with Crippen molar-refractivity contribution in [2.24, 2.45) is 5.92 Å². The summed E-state index contributed by atoms with van der Waals surface area (Å²) in [5.74, 6) is 1.67. The lowest BCUT2D eigenvalue weighted by molar-refractivity contribution is -0.138. The number of carbonyl (C=O) groups excluding carboxylic acids is 1. The molecule has 1 aromatic carbocycles. The van der Waals surface area contributed by atoms with E-state index in [0.717, 1.165) is 17.5 Å². The molecule has 2 aliphatic carbocycles. The van der Waals surface area contributed by atoms with Crippen LogP contribution in [0.1, 0.15) is 34.5 Å². The fourth-order valence-electron chi connectivity index (χ4n) is 5.48. The minimum atomic E-state index is -2.10. The zero-order chi connectivity index (χ0) is 17.6. The standard InChI is InChI=1S/C18H21NO3/c1-19-8-7-18-11-4-5-13(20)17(18)22-16-14(21-2)6-3-10(15(16)18)9-12(11)19/h3,6,11-12,17H,4-5,7-9H2,1-2H3/t11?,12-,17+,18+/m1/s1/i1D3. The minimum absolute atomic E-state index is 0.0627. The summed E-state index contributed by atoms with van der Waals surface area (Å²) in [5.41, 5.74) is 1.86. The summed E-state index contributed by atoms with van der Waals surface area (Å²) in [6.45, 7) is -1.63. The Kier molecular flexibility index (Phi) is 1.89. The lowest BCUT2D eigenvalue weighted by Gasteiger charge is -2.57. The molecule has 0 N–H and O–H groups in total. The number of ether oxygens (including phenoxy) is 2. The number of benzene rings is 1. The molecule has 1 saturated carbocycles. The highest BCUT2D eigenvalue weighted by Gasteiger charge is 2.65. The Bertz CT molecular complexity index is 778. The Labute approximate surface area is 134 Å². The van der Waals surface area contributed by atoms with Crippen LogP contribution in [0.3, 0.4) is 0 Å². The first-order valence-electron chi connectivity index (χ1n) is 9.54. The number of nitrogens with zero attached hydrogens (tertiary/aromatic N) is 1. The van der Waals surface area contributed by atoms with Crippen molar-refractivity contribution in [2.45, 2.75) is 43.2 Å². The Balaban J connectivity index is 1.74. The summed E-state index contributed by atoms with van der Waals surface area (Å²) in [7, 11) is 1.61. The normalized spacial score (nSPS) is 41.0. The van der Waals surface area contributed by atoms with Gasteiger partial charge in [-0.05, 0) is 50.3 Å². The fourth-order valence-corrected chi connectivity index (χ4v) is 5.48. The Hall–Kier alpha value is -1.55. The van der Waals surface area contributed by atoms with Crippen LogP contribution in [0.4, 0.5) is 0 Å². The van der Waals surface area contributed by atoms with E-state index in [0.29, 0.717) is 37.3 Å². The van der Waals surface area contributed by atoms with Gasteiger partial charge in [0.05, 0.1) is 7.11 Å². The zero-order valence-corrected chi connectivity index (χ0v) is 12.6. The molecule has 1 saturated heterocycles. The average molecular weight is 302 g/mol. The van der Waals surface area contributed by atoms with E-state index in [1.807, 2.05) is 12.1 Å². The first-order chi connectivity index (χ1) is 11.9. The molecule has 2 fully saturated rings. The van der Waals surface area contributed by atoms with E-state index >= 15 is 0 Å². The number of likely N-dealkylation sites (N-methyl/N-ethyl adjacent to an activating group) is 1. The van der Waals surface area contributed by atoms with Crippen LogP contribution in [0.15, 0.2) is 12.1 Å². The molecule has 1 unspecified atom stereocenters. The molecular formula is C18H21NO3. The predicted octanol–water partition coefficient (Wildman–Crippen LogP) is 1.93. The molecule has 22 heavy (non-hydrogen) atoms. The maximum Gasteiger partial charge on any atom is 0.174 e. The van der Waals surface area contributed by atoms with Crippen LogP contribution in [-0.2, 0) is 16.6 Å². The number of hydrogen-bond acceptors (Lipinski definition) is 4. The molecule has 0 amide bonds. The third kappa shape index (κ3) is 1.27. The molecule has 1 aromatic rings. The van der Waals surface area contributed by atoms with Gasteiger partial charge in [-0.3, -0.25) is 4.79 Å². The number of methoxy groups -OCH3 is 1. The second kappa shape index (κ2) is 4.05. The summed E-state index contributed by atoms with van der Waals surface area (Å²) in [4.78, 5) is 14.4. The lowest BCUT2D eigenvalue weighted by Crippen LogP contribution is -2.65. The summed E-state index contributed by atoms with van der Waals surface area (Å²) < 4.78 is 35.5. The van der Waals surface area contributed by atoms with Crippen LogP contribution in [0.25, 0.3) is 0 Å². The van der Waals surface area contributed by atoms with Gasteiger partial charge in [-0.2, -0.15) is 0 Å². The van der Waals surface area contributed by atoms with Crippen molar-refractivity contribution in [2.75, 3.05) is 20.6 Å². The van der Waals surface area contributed by atoms with Crippen molar-refractivity contribution in [3.63, 3.8) is 0 Å². The van der Waals surface area contributed by atoms with Gasteiger partial charge in [-0.1, -0.05) is 6.07 Å². The number of rotatable bonds is 1. The van der Waals surface area contributed by atoms with Gasteiger partial charge in [0, 0.05) is 27.6 Å². The van der Waals surface area contributed by atoms with Gasteiger partial charge < -0.3 is 14.4 Å². The predicted molar refractivity (Wildman–Crippen MR) is 81.6 cm³/mol. The van der Waals surface area contributed by atoms with Gasteiger partial charge in [0.25, 0.3) is 0 Å². The van der Waals surface area contributed by atoms with Crippen LogP contribution < -0.4 is 9.47 Å². The lowest BCUT2D eigenvalue weighted by atomic mass is 9.52. The topological polar surface area (TPSA) is 38.8 Å². The van der Waals surface area contributed by atoms with Gasteiger partial charge >= 0.3 is 0 Å². The minimum Gasteiger partial charge on any atom is -0.493 e. The summed E-state index contributed by atoms with van der Waals surface area (Å²) in [5, 5.41) is 0. The highest BCUT2D eigenvalue weighted by molar-refractivity contribution is 5.89. The number of Topliss-reactive ketones (excluding diaryl/α,β-unsaturated/α-hetero) is 1. The largest absolute Gasteiger partial charge is 0.493 e. The summed E-state index contributed by atoms with van der Waals surface area (Å²) in [6, 6.07) is 3.84. The Morgan fingerprint density at radius 2 is 2.41 bits per heavy atom. The average Bonchev–Trinajstić information content (AvgIpc) is 2.89.